The lowest BCUT2D eigenvalue weighted by Crippen LogP contribution is -2.10. The Kier molecular flexibility index (Phi) is 6.82. The lowest BCUT2D eigenvalue weighted by molar-refractivity contribution is 0.0727. The van der Waals surface area contributed by atoms with Gasteiger partial charge in [-0.2, -0.15) is 0 Å². The second-order valence-corrected chi connectivity index (χ2v) is 5.54. The molecule has 2 aromatic rings. The van der Waals surface area contributed by atoms with Crippen LogP contribution in [-0.4, -0.2) is 19.7 Å². The summed E-state index contributed by atoms with van der Waals surface area (Å²) < 4.78 is 16.4. The molecule has 4 nitrogen and oxygen atoms in total. The molecule has 2 rings (SSSR count). The summed E-state index contributed by atoms with van der Waals surface area (Å²) >= 11 is 0. The van der Waals surface area contributed by atoms with Gasteiger partial charge in [0.2, 0.25) is 0 Å². The van der Waals surface area contributed by atoms with Crippen LogP contribution in [0.15, 0.2) is 48.5 Å². The van der Waals surface area contributed by atoms with Gasteiger partial charge >= 0.3 is 5.97 Å². The second kappa shape index (κ2) is 9.08. The van der Waals surface area contributed by atoms with Crippen molar-refractivity contribution in [1.29, 1.82) is 0 Å². The van der Waals surface area contributed by atoms with Crippen LogP contribution in [-0.2, 0) is 4.74 Å². The van der Waals surface area contributed by atoms with Gasteiger partial charge < -0.3 is 14.2 Å². The summed E-state index contributed by atoms with van der Waals surface area (Å²) in [4.78, 5) is 12.3. The Bertz CT molecular complexity index is 649. The first kappa shape index (κ1) is 18.0. The Labute approximate surface area is 143 Å². The minimum Gasteiger partial charge on any atom is -0.490 e. The maximum Gasteiger partial charge on any atom is 0.343 e. The van der Waals surface area contributed by atoms with E-state index in [1.807, 2.05) is 37.3 Å². The third-order valence-electron chi connectivity index (χ3n) is 3.78. The molecule has 0 N–H and O–H groups in total. The fourth-order valence-corrected chi connectivity index (χ4v) is 2.17. The lowest BCUT2D eigenvalue weighted by atomic mass is 10.1. The summed E-state index contributed by atoms with van der Waals surface area (Å²) in [6, 6.07) is 14.4. The van der Waals surface area contributed by atoms with E-state index in [9.17, 15) is 4.79 Å². The Balaban J connectivity index is 2.06. The molecule has 0 aliphatic carbocycles. The molecular formula is C20H24O4. The van der Waals surface area contributed by atoms with Gasteiger partial charge in [0.15, 0.2) is 11.5 Å². The molecule has 0 aliphatic rings. The van der Waals surface area contributed by atoms with Gasteiger partial charge in [-0.05, 0) is 43.2 Å². The van der Waals surface area contributed by atoms with E-state index in [2.05, 4.69) is 6.92 Å². The zero-order valence-electron chi connectivity index (χ0n) is 14.5. The predicted molar refractivity (Wildman–Crippen MR) is 93.7 cm³/mol. The van der Waals surface area contributed by atoms with Gasteiger partial charge in [0, 0.05) is 7.11 Å². The number of unbranched alkanes of at least 4 members (excludes halogenated alkanes) is 1. The third-order valence-corrected chi connectivity index (χ3v) is 3.78. The predicted octanol–water partition coefficient (Wildman–Crippen LogP) is 4.79. The normalized spacial score (nSPS) is 11.8. The quantitative estimate of drug-likeness (QED) is 0.397. The number of carbonyl (C=O) groups excluding carboxylic acids is 1. The van der Waals surface area contributed by atoms with Gasteiger partial charge in [0.25, 0.3) is 0 Å². The van der Waals surface area contributed by atoms with Gasteiger partial charge in [-0.25, -0.2) is 4.79 Å². The fraction of sp³-hybridized carbons (Fsp3) is 0.350. The Hall–Kier alpha value is -2.33. The van der Waals surface area contributed by atoms with Gasteiger partial charge in [-0.15, -0.1) is 0 Å². The van der Waals surface area contributed by atoms with Crippen molar-refractivity contribution in [2.75, 3.05) is 13.7 Å². The average Bonchev–Trinajstić information content (AvgIpc) is 2.62. The second-order valence-electron chi connectivity index (χ2n) is 5.54. The number of esters is 1. The van der Waals surface area contributed by atoms with Crippen molar-refractivity contribution in [2.45, 2.75) is 32.8 Å². The zero-order chi connectivity index (χ0) is 17.4. The largest absolute Gasteiger partial charge is 0.490 e. The molecule has 2 aromatic carbocycles. The van der Waals surface area contributed by atoms with Crippen molar-refractivity contribution in [1.82, 2.24) is 0 Å². The maximum atomic E-state index is 12.3. The number of para-hydroxylation sites is 2. The van der Waals surface area contributed by atoms with E-state index in [0.717, 1.165) is 18.4 Å². The highest BCUT2D eigenvalue weighted by atomic mass is 16.6. The highest BCUT2D eigenvalue weighted by molar-refractivity contribution is 5.91. The molecule has 0 bridgehead atoms. The first-order valence-electron chi connectivity index (χ1n) is 8.22. The number of hydrogen-bond acceptors (Lipinski definition) is 4. The molecule has 0 heterocycles. The molecule has 0 aliphatic heterocycles. The van der Waals surface area contributed by atoms with Gasteiger partial charge in [0.1, 0.15) is 0 Å². The van der Waals surface area contributed by atoms with E-state index in [-0.39, 0.29) is 6.10 Å². The standard InChI is InChI=1S/C20H24O4/c1-4-5-14-23-18-8-6-7-9-19(18)24-20(21)17-12-10-16(11-13-17)15(2)22-3/h6-13,15H,4-5,14H2,1-3H3. The number of methoxy groups -OCH3 is 1. The molecule has 1 atom stereocenters. The van der Waals surface area contributed by atoms with Crippen LogP contribution in [0.2, 0.25) is 0 Å². The van der Waals surface area contributed by atoms with Crippen molar-refractivity contribution in [3.63, 3.8) is 0 Å². The van der Waals surface area contributed by atoms with Crippen LogP contribution in [0.1, 0.15) is 48.7 Å². The van der Waals surface area contributed by atoms with Crippen LogP contribution in [0.25, 0.3) is 0 Å². The molecular weight excluding hydrogens is 304 g/mol. The van der Waals surface area contributed by atoms with Crippen molar-refractivity contribution in [2.24, 2.45) is 0 Å². The zero-order valence-corrected chi connectivity index (χ0v) is 14.5. The van der Waals surface area contributed by atoms with Crippen LogP contribution in [0.4, 0.5) is 0 Å². The van der Waals surface area contributed by atoms with Crippen molar-refractivity contribution in [3.05, 3.63) is 59.7 Å². The smallest absolute Gasteiger partial charge is 0.343 e. The summed E-state index contributed by atoms with van der Waals surface area (Å²) in [7, 11) is 1.66. The first-order chi connectivity index (χ1) is 11.7. The Morgan fingerprint density at radius 1 is 1.04 bits per heavy atom. The first-order valence-corrected chi connectivity index (χ1v) is 8.22. The van der Waals surface area contributed by atoms with E-state index in [0.29, 0.717) is 23.7 Å². The summed E-state index contributed by atoms with van der Waals surface area (Å²) in [5.74, 6) is 0.620. The highest BCUT2D eigenvalue weighted by Crippen LogP contribution is 2.27. The molecule has 4 heteroatoms. The van der Waals surface area contributed by atoms with Crippen LogP contribution in [0.3, 0.4) is 0 Å². The number of carbonyl (C=O) groups is 1. The van der Waals surface area contributed by atoms with Crippen molar-refractivity contribution in [3.8, 4) is 11.5 Å². The molecule has 0 radical (unpaired) electrons. The van der Waals surface area contributed by atoms with Gasteiger partial charge in [-0.3, -0.25) is 0 Å². The molecule has 24 heavy (non-hydrogen) atoms. The van der Waals surface area contributed by atoms with E-state index in [1.165, 1.54) is 0 Å². The van der Waals surface area contributed by atoms with Crippen LogP contribution >= 0.6 is 0 Å². The molecule has 0 amide bonds. The summed E-state index contributed by atoms with van der Waals surface area (Å²) in [6.07, 6.45) is 2.00. The van der Waals surface area contributed by atoms with Crippen molar-refractivity contribution >= 4 is 5.97 Å². The number of hydrogen-bond donors (Lipinski definition) is 0. The van der Waals surface area contributed by atoms with E-state index >= 15 is 0 Å². The van der Waals surface area contributed by atoms with Crippen LogP contribution in [0.5, 0.6) is 11.5 Å². The van der Waals surface area contributed by atoms with Crippen LogP contribution in [0, 0.1) is 0 Å². The molecule has 0 fully saturated rings. The van der Waals surface area contributed by atoms with E-state index < -0.39 is 5.97 Å². The van der Waals surface area contributed by atoms with Crippen molar-refractivity contribution < 1.29 is 19.0 Å². The molecule has 128 valence electrons. The average molecular weight is 328 g/mol. The minimum absolute atomic E-state index is 0.0113. The topological polar surface area (TPSA) is 44.8 Å². The highest BCUT2D eigenvalue weighted by Gasteiger charge is 2.13. The van der Waals surface area contributed by atoms with Gasteiger partial charge in [-0.1, -0.05) is 37.6 Å². The monoisotopic (exact) mass is 328 g/mol. The van der Waals surface area contributed by atoms with E-state index in [4.69, 9.17) is 14.2 Å². The third kappa shape index (κ3) is 4.83. The van der Waals surface area contributed by atoms with Gasteiger partial charge in [0.05, 0.1) is 18.3 Å². The lowest BCUT2D eigenvalue weighted by Gasteiger charge is -2.12. The SMILES string of the molecule is CCCCOc1ccccc1OC(=O)c1ccc(C(C)OC)cc1. The maximum absolute atomic E-state index is 12.3. The minimum atomic E-state index is -0.404. The Morgan fingerprint density at radius 2 is 1.71 bits per heavy atom. The number of ether oxygens (including phenoxy) is 3. The fourth-order valence-electron chi connectivity index (χ4n) is 2.17. The van der Waals surface area contributed by atoms with E-state index in [1.54, 1.807) is 25.3 Å². The number of rotatable bonds is 8. The molecule has 1 unspecified atom stereocenters. The molecule has 0 saturated heterocycles. The summed E-state index contributed by atoms with van der Waals surface area (Å²) in [5, 5.41) is 0. The number of benzene rings is 2. The summed E-state index contributed by atoms with van der Waals surface area (Å²) in [6.45, 7) is 4.66. The molecule has 0 aromatic heterocycles. The molecule has 0 spiro atoms. The molecule has 0 saturated carbocycles. The summed E-state index contributed by atoms with van der Waals surface area (Å²) in [5.41, 5.74) is 1.50. The Morgan fingerprint density at radius 3 is 2.33 bits per heavy atom. The van der Waals surface area contributed by atoms with Crippen LogP contribution < -0.4 is 9.47 Å².